The third-order valence-electron chi connectivity index (χ3n) is 12.0. The van der Waals surface area contributed by atoms with E-state index in [4.69, 9.17) is 4.74 Å². The Morgan fingerprint density at radius 1 is 0.636 bits per heavy atom. The van der Waals surface area contributed by atoms with Gasteiger partial charge >= 0.3 is 0 Å². The maximum Gasteiger partial charge on any atom is 0.0939 e. The van der Waals surface area contributed by atoms with Crippen molar-refractivity contribution in [2.45, 2.75) is 158 Å². The number of hydrogen-bond acceptors (Lipinski definition) is 1. The minimum absolute atomic E-state index is 0.526. The van der Waals surface area contributed by atoms with Gasteiger partial charge in [0.05, 0.1) is 30.3 Å². The van der Waals surface area contributed by atoms with Gasteiger partial charge in [-0.3, -0.25) is 0 Å². The van der Waals surface area contributed by atoms with Crippen LogP contribution in [0.25, 0.3) is 0 Å². The summed E-state index contributed by atoms with van der Waals surface area (Å²) in [7, 11) is 0. The molecule has 3 heteroatoms. The summed E-state index contributed by atoms with van der Waals surface area (Å²) < 4.78 is 7.02. The van der Waals surface area contributed by atoms with Crippen LogP contribution >= 0.6 is 15.9 Å². The lowest BCUT2D eigenvalue weighted by molar-refractivity contribution is -0.975. The molecule has 0 amide bonds. The van der Waals surface area contributed by atoms with Crippen LogP contribution in [-0.2, 0) is 4.74 Å². The Morgan fingerprint density at radius 2 is 1.30 bits per heavy atom. The molecule has 2 nitrogen and oxygen atoms in total. The molecule has 0 aromatic carbocycles. The Morgan fingerprint density at radius 3 is 2.06 bits per heavy atom. The minimum atomic E-state index is 0.526. The van der Waals surface area contributed by atoms with Crippen LogP contribution in [0, 0.1) is 29.1 Å². The number of fused-ring (bicyclic) bond motifs is 3. The van der Waals surface area contributed by atoms with Crippen molar-refractivity contribution in [2.75, 3.05) is 0 Å². The summed E-state index contributed by atoms with van der Waals surface area (Å²) in [6, 6.07) is 2.80. The van der Waals surface area contributed by atoms with Gasteiger partial charge in [0.15, 0.2) is 0 Å². The van der Waals surface area contributed by atoms with Gasteiger partial charge in [0.1, 0.15) is 0 Å². The van der Waals surface area contributed by atoms with Crippen molar-refractivity contribution >= 4 is 15.9 Å². The molecular weight excluding hydrogens is 470 g/mol. The highest BCUT2D eigenvalue weighted by molar-refractivity contribution is 9.09. The van der Waals surface area contributed by atoms with E-state index in [0.717, 1.165) is 46.6 Å². The van der Waals surface area contributed by atoms with Crippen LogP contribution in [0.5, 0.6) is 0 Å². The van der Waals surface area contributed by atoms with E-state index in [0.29, 0.717) is 17.6 Å². The van der Waals surface area contributed by atoms with Crippen molar-refractivity contribution in [3.05, 3.63) is 0 Å². The fourth-order valence-electron chi connectivity index (χ4n) is 10.3. The Balaban J connectivity index is 1.21. The number of quaternary nitrogens is 1. The Labute approximate surface area is 212 Å². The van der Waals surface area contributed by atoms with E-state index in [2.05, 4.69) is 34.7 Å². The van der Waals surface area contributed by atoms with Gasteiger partial charge in [0, 0.05) is 34.9 Å². The number of ether oxygens (including phenoxy) is 1. The fourth-order valence-corrected chi connectivity index (χ4v) is 10.9. The molecule has 6 rings (SSSR count). The molecule has 3 aliphatic carbocycles. The minimum Gasteiger partial charge on any atom is -0.374 e. The zero-order valence-electron chi connectivity index (χ0n) is 21.6. The second kappa shape index (κ2) is 9.70. The first-order chi connectivity index (χ1) is 16.0. The highest BCUT2D eigenvalue weighted by Gasteiger charge is 2.63. The molecule has 3 aliphatic heterocycles. The van der Waals surface area contributed by atoms with Gasteiger partial charge < -0.3 is 9.64 Å². The molecule has 188 valence electrons. The Kier molecular flexibility index (Phi) is 6.99. The lowest BCUT2D eigenvalue weighted by Crippen LogP contribution is -3.23. The van der Waals surface area contributed by atoms with Gasteiger partial charge in [-0.05, 0) is 82.5 Å². The summed E-state index contributed by atoms with van der Waals surface area (Å²) in [6.07, 6.45) is 25.9. The Hall–Kier alpha value is 0.400. The molecule has 8 unspecified atom stereocenters. The smallest absolute Gasteiger partial charge is 0.0939 e. The van der Waals surface area contributed by atoms with Gasteiger partial charge in [-0.1, -0.05) is 55.5 Å². The van der Waals surface area contributed by atoms with Crippen LogP contribution < -0.4 is 4.90 Å². The highest BCUT2D eigenvalue weighted by atomic mass is 79.9. The van der Waals surface area contributed by atoms with Crippen LogP contribution in [-0.4, -0.2) is 35.2 Å². The van der Waals surface area contributed by atoms with E-state index in [1.165, 1.54) is 109 Å². The molecule has 3 heterocycles. The molecule has 8 atom stereocenters. The molecule has 0 aromatic heterocycles. The summed E-state index contributed by atoms with van der Waals surface area (Å²) in [5.41, 5.74) is 0.526. The molecule has 3 saturated carbocycles. The molecule has 0 radical (unpaired) electrons. The summed E-state index contributed by atoms with van der Waals surface area (Å²) >= 11 is 3.86. The SMILES string of the molecule is CC1(C)C2CCCCC2[NH+]2C(C3CCCCC3)CC(C3CCC(C4CCC(Br)CC4)O3)CC21. The molecule has 0 bridgehead atoms. The van der Waals surface area contributed by atoms with Crippen LogP contribution in [0.15, 0.2) is 0 Å². The number of halogens is 1. The van der Waals surface area contributed by atoms with E-state index in [1.807, 2.05) is 0 Å². The zero-order valence-corrected chi connectivity index (χ0v) is 23.2. The third kappa shape index (κ3) is 4.41. The molecule has 0 spiro atoms. The largest absolute Gasteiger partial charge is 0.374 e. The van der Waals surface area contributed by atoms with Gasteiger partial charge in [-0.15, -0.1) is 0 Å². The highest BCUT2D eigenvalue weighted by Crippen LogP contribution is 2.50. The van der Waals surface area contributed by atoms with Crippen molar-refractivity contribution in [2.24, 2.45) is 29.1 Å². The number of hydrogen-bond donors (Lipinski definition) is 1. The number of rotatable bonds is 3. The van der Waals surface area contributed by atoms with Crippen molar-refractivity contribution in [1.29, 1.82) is 0 Å². The lowest BCUT2D eigenvalue weighted by atomic mass is 9.66. The quantitative estimate of drug-likeness (QED) is 0.408. The normalized spacial score (nSPS) is 50.6. The Bertz CT molecular complexity index is 666. The van der Waals surface area contributed by atoms with E-state index >= 15 is 0 Å². The van der Waals surface area contributed by atoms with Gasteiger partial charge in [-0.2, -0.15) is 0 Å². The van der Waals surface area contributed by atoms with E-state index < -0.39 is 0 Å². The van der Waals surface area contributed by atoms with Crippen LogP contribution in [0.2, 0.25) is 0 Å². The standard InChI is InChI=1S/C30H50BrNO/c1-30(2)24-10-6-7-11-25(24)32-26(20-8-4-3-5-9-20)18-22(19-29(30)32)28-17-16-27(33-28)21-12-14-23(31)15-13-21/h20-29H,3-19H2,1-2H3/p+1. The second-order valence-electron chi connectivity index (χ2n) is 13.9. The van der Waals surface area contributed by atoms with Gasteiger partial charge in [0.2, 0.25) is 0 Å². The predicted octanol–water partition coefficient (Wildman–Crippen LogP) is 6.70. The molecule has 6 aliphatic rings. The molecule has 0 aromatic rings. The topological polar surface area (TPSA) is 13.7 Å². The van der Waals surface area contributed by atoms with E-state index in [1.54, 1.807) is 0 Å². The predicted molar refractivity (Wildman–Crippen MR) is 140 cm³/mol. The van der Waals surface area contributed by atoms with Crippen LogP contribution in [0.3, 0.4) is 0 Å². The average Bonchev–Trinajstić information content (AvgIpc) is 3.42. The lowest BCUT2D eigenvalue weighted by Gasteiger charge is -2.48. The molecule has 1 N–H and O–H groups in total. The van der Waals surface area contributed by atoms with Gasteiger partial charge in [0.25, 0.3) is 0 Å². The summed E-state index contributed by atoms with van der Waals surface area (Å²) in [4.78, 5) is 2.89. The maximum atomic E-state index is 7.02. The maximum absolute atomic E-state index is 7.02. The number of alkyl halides is 1. The van der Waals surface area contributed by atoms with Crippen LogP contribution in [0.4, 0.5) is 0 Å². The first-order valence-electron chi connectivity index (χ1n) is 15.2. The van der Waals surface area contributed by atoms with Crippen LogP contribution in [0.1, 0.15) is 123 Å². The summed E-state index contributed by atoms with van der Waals surface area (Å²) in [5, 5.41) is 0. The monoisotopic (exact) mass is 520 g/mol. The first kappa shape index (κ1) is 23.8. The second-order valence-corrected chi connectivity index (χ2v) is 15.2. The van der Waals surface area contributed by atoms with Crippen molar-refractivity contribution in [3.63, 3.8) is 0 Å². The average molecular weight is 522 g/mol. The zero-order chi connectivity index (χ0) is 22.6. The van der Waals surface area contributed by atoms with Crippen molar-refractivity contribution in [3.8, 4) is 0 Å². The number of piperidine rings is 1. The molecular formula is C30H51BrNO+. The summed E-state index contributed by atoms with van der Waals surface area (Å²) in [6.45, 7) is 5.37. The number of nitrogens with one attached hydrogen (secondary N) is 1. The molecule has 6 fully saturated rings. The summed E-state index contributed by atoms with van der Waals surface area (Å²) in [5.74, 6) is 3.66. The molecule has 3 saturated heterocycles. The molecule has 33 heavy (non-hydrogen) atoms. The fraction of sp³-hybridized carbons (Fsp3) is 1.00. The van der Waals surface area contributed by atoms with E-state index in [-0.39, 0.29) is 0 Å². The first-order valence-corrected chi connectivity index (χ1v) is 16.1. The van der Waals surface area contributed by atoms with Gasteiger partial charge in [-0.25, -0.2) is 0 Å². The van der Waals surface area contributed by atoms with Crippen molar-refractivity contribution in [1.82, 2.24) is 0 Å². The third-order valence-corrected chi connectivity index (χ3v) is 12.9. The van der Waals surface area contributed by atoms with E-state index in [9.17, 15) is 0 Å². The van der Waals surface area contributed by atoms with Crippen molar-refractivity contribution < 1.29 is 9.64 Å².